The fourth-order valence-electron chi connectivity index (χ4n) is 1.68. The van der Waals surface area contributed by atoms with Gasteiger partial charge in [-0.3, -0.25) is 9.97 Å². The van der Waals surface area contributed by atoms with E-state index in [9.17, 15) is 4.39 Å². The molecule has 2 aromatic heterocycles. The lowest BCUT2D eigenvalue weighted by Gasteiger charge is -2.23. The number of nitrogens with two attached hydrogens (primary N) is 1. The van der Waals surface area contributed by atoms with Crippen LogP contribution in [0.5, 0.6) is 0 Å². The average molecular weight is 231 g/mol. The van der Waals surface area contributed by atoms with Gasteiger partial charge in [0.15, 0.2) is 0 Å². The first-order valence-corrected chi connectivity index (χ1v) is 5.39. The summed E-state index contributed by atoms with van der Waals surface area (Å²) in [5.41, 5.74) is 7.09. The monoisotopic (exact) mass is 231 g/mol. The van der Waals surface area contributed by atoms with Crippen molar-refractivity contribution >= 4 is 0 Å². The second kappa shape index (κ2) is 4.59. The Labute approximate surface area is 99.5 Å². The van der Waals surface area contributed by atoms with Crippen LogP contribution in [0.1, 0.15) is 18.3 Å². The van der Waals surface area contributed by atoms with Gasteiger partial charge in [0.1, 0.15) is 5.82 Å². The summed E-state index contributed by atoms with van der Waals surface area (Å²) >= 11 is 0. The Bertz CT molecular complexity index is 480. The van der Waals surface area contributed by atoms with Crippen LogP contribution in [0.15, 0.2) is 42.7 Å². The van der Waals surface area contributed by atoms with Crippen molar-refractivity contribution < 1.29 is 4.39 Å². The zero-order chi connectivity index (χ0) is 12.3. The van der Waals surface area contributed by atoms with Gasteiger partial charge in [0.2, 0.25) is 0 Å². The molecule has 0 radical (unpaired) electrons. The molecular formula is C13H14FN3. The molecule has 17 heavy (non-hydrogen) atoms. The molecule has 0 aromatic carbocycles. The highest BCUT2D eigenvalue weighted by molar-refractivity contribution is 5.18. The maximum absolute atomic E-state index is 12.8. The smallest absolute Gasteiger partial charge is 0.141 e. The highest BCUT2D eigenvalue weighted by Gasteiger charge is 2.23. The number of nitrogens with zero attached hydrogens (tertiary/aromatic N) is 2. The third kappa shape index (κ3) is 2.85. The zero-order valence-corrected chi connectivity index (χ0v) is 9.60. The molecule has 2 N–H and O–H groups in total. The van der Waals surface area contributed by atoms with Crippen molar-refractivity contribution in [2.24, 2.45) is 5.73 Å². The molecule has 0 aliphatic carbocycles. The van der Waals surface area contributed by atoms with Crippen LogP contribution in [-0.4, -0.2) is 9.97 Å². The number of pyridine rings is 2. The molecule has 0 fully saturated rings. The molecule has 0 saturated heterocycles. The largest absolute Gasteiger partial charge is 0.320 e. The van der Waals surface area contributed by atoms with E-state index in [0.29, 0.717) is 12.1 Å². The Morgan fingerprint density at radius 3 is 2.65 bits per heavy atom. The van der Waals surface area contributed by atoms with Crippen molar-refractivity contribution in [1.29, 1.82) is 0 Å². The molecule has 0 aliphatic heterocycles. The van der Waals surface area contributed by atoms with Crippen LogP contribution in [0.25, 0.3) is 0 Å². The van der Waals surface area contributed by atoms with E-state index in [-0.39, 0.29) is 5.82 Å². The zero-order valence-electron chi connectivity index (χ0n) is 9.60. The Morgan fingerprint density at radius 2 is 2.06 bits per heavy atom. The molecule has 4 heteroatoms. The summed E-state index contributed by atoms with van der Waals surface area (Å²) in [6.07, 6.45) is 3.47. The molecule has 2 rings (SSSR count). The molecule has 1 atom stereocenters. The van der Waals surface area contributed by atoms with Crippen LogP contribution in [0.3, 0.4) is 0 Å². The van der Waals surface area contributed by atoms with Gasteiger partial charge < -0.3 is 5.73 Å². The lowest BCUT2D eigenvalue weighted by atomic mass is 9.92. The average Bonchev–Trinajstić information content (AvgIpc) is 2.30. The van der Waals surface area contributed by atoms with Crippen LogP contribution in [0.2, 0.25) is 0 Å². The van der Waals surface area contributed by atoms with Gasteiger partial charge >= 0.3 is 0 Å². The second-order valence-electron chi connectivity index (χ2n) is 4.28. The molecule has 0 spiro atoms. The van der Waals surface area contributed by atoms with Gasteiger partial charge in [0.05, 0.1) is 17.4 Å². The summed E-state index contributed by atoms with van der Waals surface area (Å²) in [5.74, 6) is -0.359. The van der Waals surface area contributed by atoms with Crippen molar-refractivity contribution in [3.05, 3.63) is 59.9 Å². The summed E-state index contributed by atoms with van der Waals surface area (Å²) in [7, 11) is 0. The fourth-order valence-corrected chi connectivity index (χ4v) is 1.68. The van der Waals surface area contributed by atoms with Crippen LogP contribution in [0.4, 0.5) is 4.39 Å². The maximum Gasteiger partial charge on any atom is 0.141 e. The van der Waals surface area contributed by atoms with Crippen molar-refractivity contribution in [1.82, 2.24) is 9.97 Å². The first-order valence-electron chi connectivity index (χ1n) is 5.39. The molecule has 0 aliphatic rings. The minimum absolute atomic E-state index is 0.359. The Balaban J connectivity index is 2.21. The number of halogens is 1. The first-order chi connectivity index (χ1) is 8.08. The van der Waals surface area contributed by atoms with Crippen molar-refractivity contribution in [2.75, 3.05) is 0 Å². The maximum atomic E-state index is 12.8. The summed E-state index contributed by atoms with van der Waals surface area (Å²) in [6, 6.07) is 8.66. The van der Waals surface area contributed by atoms with Gasteiger partial charge in [0, 0.05) is 18.3 Å². The lowest BCUT2D eigenvalue weighted by Crippen LogP contribution is -2.36. The molecule has 1 unspecified atom stereocenters. The van der Waals surface area contributed by atoms with Gasteiger partial charge in [-0.2, -0.15) is 0 Å². The summed E-state index contributed by atoms with van der Waals surface area (Å²) in [6.45, 7) is 1.86. The van der Waals surface area contributed by atoms with E-state index < -0.39 is 5.54 Å². The van der Waals surface area contributed by atoms with Gasteiger partial charge in [0.25, 0.3) is 0 Å². The minimum atomic E-state index is -0.651. The standard InChI is InChI=1S/C13H14FN3/c1-13(15,8-11-4-2-3-7-16-11)12-6-5-10(14)9-17-12/h2-7,9H,8,15H2,1H3. The van der Waals surface area contributed by atoms with Crippen LogP contribution >= 0.6 is 0 Å². The quantitative estimate of drug-likeness (QED) is 0.879. The molecule has 88 valence electrons. The second-order valence-corrected chi connectivity index (χ2v) is 4.28. The number of rotatable bonds is 3. The summed E-state index contributed by atoms with van der Waals surface area (Å²) in [4.78, 5) is 8.24. The van der Waals surface area contributed by atoms with Crippen molar-refractivity contribution in [3.8, 4) is 0 Å². The highest BCUT2D eigenvalue weighted by atomic mass is 19.1. The predicted molar refractivity (Wildman–Crippen MR) is 63.7 cm³/mol. The van der Waals surface area contributed by atoms with Crippen molar-refractivity contribution in [3.63, 3.8) is 0 Å². The number of aromatic nitrogens is 2. The summed E-state index contributed by atoms with van der Waals surface area (Å²) in [5, 5.41) is 0. The first kappa shape index (κ1) is 11.7. The molecule has 2 aromatic rings. The van der Waals surface area contributed by atoms with Gasteiger partial charge in [-0.05, 0) is 31.2 Å². The van der Waals surface area contributed by atoms with Crippen LogP contribution < -0.4 is 5.73 Å². The van der Waals surface area contributed by atoms with Crippen molar-refractivity contribution in [2.45, 2.75) is 18.9 Å². The highest BCUT2D eigenvalue weighted by Crippen LogP contribution is 2.19. The normalized spacial score (nSPS) is 14.3. The van der Waals surface area contributed by atoms with E-state index in [4.69, 9.17) is 5.73 Å². The van der Waals surface area contributed by atoms with Crippen LogP contribution in [0, 0.1) is 5.82 Å². The molecule has 0 saturated carbocycles. The Hall–Kier alpha value is -1.81. The molecule has 2 heterocycles. The Kier molecular flexibility index (Phi) is 3.15. The third-order valence-electron chi connectivity index (χ3n) is 2.59. The number of hydrogen-bond acceptors (Lipinski definition) is 3. The third-order valence-corrected chi connectivity index (χ3v) is 2.59. The Morgan fingerprint density at radius 1 is 1.24 bits per heavy atom. The molecule has 0 bridgehead atoms. The van der Waals surface area contributed by atoms with E-state index in [0.717, 1.165) is 5.69 Å². The molecular weight excluding hydrogens is 217 g/mol. The van der Waals surface area contributed by atoms with E-state index in [1.807, 2.05) is 25.1 Å². The predicted octanol–water partition coefficient (Wildman–Crippen LogP) is 2.03. The van der Waals surface area contributed by atoms with E-state index in [2.05, 4.69) is 9.97 Å². The topological polar surface area (TPSA) is 51.8 Å². The van der Waals surface area contributed by atoms with Gasteiger partial charge in [-0.1, -0.05) is 6.07 Å². The molecule has 3 nitrogen and oxygen atoms in total. The van der Waals surface area contributed by atoms with E-state index in [1.165, 1.54) is 12.3 Å². The van der Waals surface area contributed by atoms with Gasteiger partial charge in [-0.25, -0.2) is 4.39 Å². The van der Waals surface area contributed by atoms with E-state index in [1.54, 1.807) is 12.3 Å². The van der Waals surface area contributed by atoms with Crippen LogP contribution in [-0.2, 0) is 12.0 Å². The van der Waals surface area contributed by atoms with E-state index >= 15 is 0 Å². The SMILES string of the molecule is CC(N)(Cc1ccccn1)c1ccc(F)cn1. The lowest BCUT2D eigenvalue weighted by molar-refractivity contribution is 0.467. The fraction of sp³-hybridized carbons (Fsp3) is 0.231. The minimum Gasteiger partial charge on any atom is -0.320 e. The number of hydrogen-bond donors (Lipinski definition) is 1. The van der Waals surface area contributed by atoms with Gasteiger partial charge in [-0.15, -0.1) is 0 Å². The molecule has 0 amide bonds. The summed E-state index contributed by atoms with van der Waals surface area (Å²) < 4.78 is 12.8.